The van der Waals surface area contributed by atoms with E-state index in [0.29, 0.717) is 0 Å². The van der Waals surface area contributed by atoms with E-state index in [2.05, 4.69) is 0 Å². The maximum absolute atomic E-state index is 9.84. The van der Waals surface area contributed by atoms with E-state index in [-0.39, 0.29) is 23.0 Å². The molecule has 0 aliphatic heterocycles. The van der Waals surface area contributed by atoms with E-state index in [1.165, 1.54) is 24.3 Å². The summed E-state index contributed by atoms with van der Waals surface area (Å²) in [6.07, 6.45) is 0. The predicted molar refractivity (Wildman–Crippen MR) is 93.4 cm³/mol. The monoisotopic (exact) mass is 322 g/mol. The zero-order valence-electron chi connectivity index (χ0n) is 13.4. The standard InChI is InChI=1S/C20H18O4/c1-11-3-6-15(13-4-7-16(21)18(23)9-13)20(12(11)2)14-5-8-17(22)19(24)10-14/h3-10,21-24H,1-2H3. The summed E-state index contributed by atoms with van der Waals surface area (Å²) in [4.78, 5) is 0. The first-order valence-electron chi connectivity index (χ1n) is 7.53. The molecule has 0 aliphatic rings. The number of benzene rings is 3. The third kappa shape index (κ3) is 2.63. The van der Waals surface area contributed by atoms with Crippen molar-refractivity contribution in [1.82, 2.24) is 0 Å². The highest BCUT2D eigenvalue weighted by Gasteiger charge is 2.15. The molecule has 0 heterocycles. The van der Waals surface area contributed by atoms with Gasteiger partial charge in [-0.05, 0) is 71.5 Å². The van der Waals surface area contributed by atoms with Gasteiger partial charge in [0.2, 0.25) is 0 Å². The maximum Gasteiger partial charge on any atom is 0.158 e. The van der Waals surface area contributed by atoms with E-state index in [9.17, 15) is 20.4 Å². The van der Waals surface area contributed by atoms with Crippen molar-refractivity contribution in [3.8, 4) is 45.3 Å². The lowest BCUT2D eigenvalue weighted by molar-refractivity contribution is 0.404. The molecule has 4 N–H and O–H groups in total. The minimum absolute atomic E-state index is 0.173. The van der Waals surface area contributed by atoms with E-state index in [0.717, 1.165) is 33.4 Å². The van der Waals surface area contributed by atoms with E-state index in [1.54, 1.807) is 12.1 Å². The van der Waals surface area contributed by atoms with Gasteiger partial charge >= 0.3 is 0 Å². The second-order valence-electron chi connectivity index (χ2n) is 5.84. The van der Waals surface area contributed by atoms with Crippen LogP contribution in [0.2, 0.25) is 0 Å². The van der Waals surface area contributed by atoms with Crippen molar-refractivity contribution in [2.75, 3.05) is 0 Å². The summed E-state index contributed by atoms with van der Waals surface area (Å²) in [5.74, 6) is -0.725. The first-order valence-corrected chi connectivity index (χ1v) is 7.53. The molecule has 0 amide bonds. The number of rotatable bonds is 2. The van der Waals surface area contributed by atoms with Crippen LogP contribution in [0.4, 0.5) is 0 Å². The summed E-state index contributed by atoms with van der Waals surface area (Å²) < 4.78 is 0. The molecule has 3 rings (SSSR count). The van der Waals surface area contributed by atoms with Crippen LogP contribution in [-0.2, 0) is 0 Å². The van der Waals surface area contributed by atoms with Crippen molar-refractivity contribution in [3.63, 3.8) is 0 Å². The third-order valence-electron chi connectivity index (χ3n) is 4.29. The molecular formula is C20H18O4. The molecule has 0 fully saturated rings. The molecule has 24 heavy (non-hydrogen) atoms. The van der Waals surface area contributed by atoms with E-state index >= 15 is 0 Å². The molecule has 4 nitrogen and oxygen atoms in total. The van der Waals surface area contributed by atoms with E-state index < -0.39 is 0 Å². The van der Waals surface area contributed by atoms with Gasteiger partial charge in [0.25, 0.3) is 0 Å². The summed E-state index contributed by atoms with van der Waals surface area (Å²) in [5.41, 5.74) is 5.38. The zero-order chi connectivity index (χ0) is 17.4. The number of phenolic OH excluding ortho intramolecular Hbond substituents is 4. The fraction of sp³-hybridized carbons (Fsp3) is 0.100. The van der Waals surface area contributed by atoms with Gasteiger partial charge < -0.3 is 20.4 Å². The smallest absolute Gasteiger partial charge is 0.158 e. The molecule has 0 radical (unpaired) electrons. The number of phenols is 4. The summed E-state index contributed by atoms with van der Waals surface area (Å²) in [5, 5.41) is 38.7. The first-order chi connectivity index (χ1) is 11.4. The molecule has 0 unspecified atom stereocenters. The second kappa shape index (κ2) is 5.81. The van der Waals surface area contributed by atoms with Crippen molar-refractivity contribution in [2.45, 2.75) is 13.8 Å². The summed E-state index contributed by atoms with van der Waals surface area (Å²) in [6, 6.07) is 13.3. The van der Waals surface area contributed by atoms with E-state index in [1.807, 2.05) is 26.0 Å². The second-order valence-corrected chi connectivity index (χ2v) is 5.84. The highest BCUT2D eigenvalue weighted by molar-refractivity contribution is 5.87. The fourth-order valence-corrected chi connectivity index (χ4v) is 2.80. The molecule has 0 aromatic heterocycles. The summed E-state index contributed by atoms with van der Waals surface area (Å²) in [7, 11) is 0. The quantitative estimate of drug-likeness (QED) is 0.525. The van der Waals surface area contributed by atoms with Gasteiger partial charge in [-0.15, -0.1) is 0 Å². The topological polar surface area (TPSA) is 80.9 Å². The molecule has 122 valence electrons. The lowest BCUT2D eigenvalue weighted by Crippen LogP contribution is -1.92. The molecule has 4 heteroatoms. The van der Waals surface area contributed by atoms with Crippen LogP contribution < -0.4 is 0 Å². The maximum atomic E-state index is 9.84. The third-order valence-corrected chi connectivity index (χ3v) is 4.29. The van der Waals surface area contributed by atoms with Crippen LogP contribution in [0.25, 0.3) is 22.3 Å². The van der Waals surface area contributed by atoms with Gasteiger partial charge in [-0.25, -0.2) is 0 Å². The highest BCUT2D eigenvalue weighted by Crippen LogP contribution is 2.41. The normalized spacial score (nSPS) is 10.8. The van der Waals surface area contributed by atoms with Gasteiger partial charge in [0.1, 0.15) is 0 Å². The van der Waals surface area contributed by atoms with Crippen LogP contribution in [0.15, 0.2) is 48.5 Å². The highest BCUT2D eigenvalue weighted by atomic mass is 16.3. The molecular weight excluding hydrogens is 304 g/mol. The van der Waals surface area contributed by atoms with Crippen molar-refractivity contribution in [1.29, 1.82) is 0 Å². The Hall–Kier alpha value is -3.14. The van der Waals surface area contributed by atoms with Gasteiger partial charge in [0, 0.05) is 0 Å². The predicted octanol–water partition coefficient (Wildman–Crippen LogP) is 4.46. The zero-order valence-corrected chi connectivity index (χ0v) is 13.4. The largest absolute Gasteiger partial charge is 0.504 e. The summed E-state index contributed by atoms with van der Waals surface area (Å²) >= 11 is 0. The molecule has 0 bridgehead atoms. The Morgan fingerprint density at radius 2 is 1.12 bits per heavy atom. The lowest BCUT2D eigenvalue weighted by atomic mass is 9.88. The van der Waals surface area contributed by atoms with Gasteiger partial charge in [-0.1, -0.05) is 24.3 Å². The van der Waals surface area contributed by atoms with Crippen molar-refractivity contribution in [3.05, 3.63) is 59.7 Å². The van der Waals surface area contributed by atoms with Gasteiger partial charge in [0.05, 0.1) is 0 Å². The number of hydrogen-bond acceptors (Lipinski definition) is 4. The average Bonchev–Trinajstić information content (AvgIpc) is 2.55. The Morgan fingerprint density at radius 1 is 0.583 bits per heavy atom. The average molecular weight is 322 g/mol. The molecule has 0 aliphatic carbocycles. The van der Waals surface area contributed by atoms with Crippen LogP contribution in [-0.4, -0.2) is 20.4 Å². The number of aryl methyl sites for hydroxylation is 1. The SMILES string of the molecule is Cc1ccc(-c2ccc(O)c(O)c2)c(-c2ccc(O)c(O)c2)c1C. The van der Waals surface area contributed by atoms with Crippen LogP contribution in [0.3, 0.4) is 0 Å². The fourth-order valence-electron chi connectivity index (χ4n) is 2.80. The number of hydrogen-bond donors (Lipinski definition) is 4. The molecule has 0 spiro atoms. The Labute approximate surface area is 139 Å². The lowest BCUT2D eigenvalue weighted by Gasteiger charge is -2.16. The Morgan fingerprint density at radius 3 is 1.71 bits per heavy atom. The Balaban J connectivity index is 2.29. The molecule has 3 aromatic carbocycles. The van der Waals surface area contributed by atoms with Gasteiger partial charge in [-0.2, -0.15) is 0 Å². The molecule has 0 atom stereocenters. The van der Waals surface area contributed by atoms with Crippen molar-refractivity contribution >= 4 is 0 Å². The minimum Gasteiger partial charge on any atom is -0.504 e. The molecule has 0 saturated heterocycles. The minimum atomic E-state index is -0.190. The van der Waals surface area contributed by atoms with Crippen molar-refractivity contribution in [2.24, 2.45) is 0 Å². The molecule has 0 saturated carbocycles. The van der Waals surface area contributed by atoms with Gasteiger partial charge in [0.15, 0.2) is 23.0 Å². The molecule has 3 aromatic rings. The Kier molecular flexibility index (Phi) is 3.81. The van der Waals surface area contributed by atoms with Crippen LogP contribution in [0.5, 0.6) is 23.0 Å². The first kappa shape index (κ1) is 15.7. The van der Waals surface area contributed by atoms with E-state index in [4.69, 9.17) is 0 Å². The van der Waals surface area contributed by atoms with Gasteiger partial charge in [-0.3, -0.25) is 0 Å². The Bertz CT molecular complexity index is 929. The number of aromatic hydroxyl groups is 4. The van der Waals surface area contributed by atoms with Crippen LogP contribution in [0.1, 0.15) is 11.1 Å². The van der Waals surface area contributed by atoms with Crippen LogP contribution in [0, 0.1) is 13.8 Å². The van der Waals surface area contributed by atoms with Crippen LogP contribution >= 0.6 is 0 Å². The summed E-state index contributed by atoms with van der Waals surface area (Å²) in [6.45, 7) is 3.98. The van der Waals surface area contributed by atoms with Crippen molar-refractivity contribution < 1.29 is 20.4 Å².